The fourth-order valence-corrected chi connectivity index (χ4v) is 2.36. The molecule has 1 aromatic carbocycles. The second-order valence-corrected chi connectivity index (χ2v) is 5.15. The van der Waals surface area contributed by atoms with Crippen molar-refractivity contribution in [2.24, 2.45) is 0 Å². The Morgan fingerprint density at radius 2 is 2.26 bits per heavy atom. The molecule has 1 saturated heterocycles. The summed E-state index contributed by atoms with van der Waals surface area (Å²) in [5.74, 6) is 0.139. The van der Waals surface area contributed by atoms with Crippen LogP contribution >= 0.6 is 0 Å². The van der Waals surface area contributed by atoms with Gasteiger partial charge >= 0.3 is 0 Å². The maximum Gasteiger partial charge on any atom is 0.177 e. The first kappa shape index (κ1) is 14.2. The van der Waals surface area contributed by atoms with Crippen LogP contribution in [-0.4, -0.2) is 54.7 Å². The molecule has 2 rings (SSSR count). The minimum absolute atomic E-state index is 0.00810. The Bertz CT molecular complexity index is 459. The molecule has 4 nitrogen and oxygen atoms in total. The Kier molecular flexibility index (Phi) is 4.69. The summed E-state index contributed by atoms with van der Waals surface area (Å²) in [7, 11) is 0. The summed E-state index contributed by atoms with van der Waals surface area (Å²) in [4.78, 5) is 14.4. The van der Waals surface area contributed by atoms with Crippen LogP contribution in [0.5, 0.6) is 0 Å². The molecule has 1 aliphatic heterocycles. The van der Waals surface area contributed by atoms with Crippen molar-refractivity contribution in [1.82, 2.24) is 4.90 Å². The van der Waals surface area contributed by atoms with E-state index in [-0.39, 0.29) is 18.5 Å². The van der Waals surface area contributed by atoms with Crippen molar-refractivity contribution in [3.63, 3.8) is 0 Å². The number of aliphatic hydroxyl groups is 1. The van der Waals surface area contributed by atoms with E-state index in [0.29, 0.717) is 19.7 Å². The molecule has 4 heteroatoms. The SMILES string of the molecule is Cc1ccc(C)c(C(=O)CN2CCOC(CO)C2)c1. The molecule has 1 atom stereocenters. The second kappa shape index (κ2) is 6.28. The van der Waals surface area contributed by atoms with E-state index in [1.54, 1.807) is 0 Å². The first-order valence-corrected chi connectivity index (χ1v) is 6.65. The van der Waals surface area contributed by atoms with Crippen molar-refractivity contribution in [3.8, 4) is 0 Å². The lowest BCUT2D eigenvalue weighted by molar-refractivity contribution is -0.0503. The Balaban J connectivity index is 2.02. The maximum absolute atomic E-state index is 12.3. The summed E-state index contributed by atoms with van der Waals surface area (Å²) in [5.41, 5.74) is 2.92. The quantitative estimate of drug-likeness (QED) is 0.829. The van der Waals surface area contributed by atoms with Gasteiger partial charge in [0.25, 0.3) is 0 Å². The van der Waals surface area contributed by atoms with Crippen LogP contribution < -0.4 is 0 Å². The molecule has 0 spiro atoms. The third kappa shape index (κ3) is 3.62. The molecule has 1 aromatic rings. The monoisotopic (exact) mass is 263 g/mol. The first-order valence-electron chi connectivity index (χ1n) is 6.65. The van der Waals surface area contributed by atoms with Gasteiger partial charge in [0.2, 0.25) is 0 Å². The van der Waals surface area contributed by atoms with Crippen LogP contribution in [0.1, 0.15) is 21.5 Å². The predicted octanol–water partition coefficient (Wildman–Crippen LogP) is 1.18. The molecule has 1 heterocycles. The van der Waals surface area contributed by atoms with Crippen molar-refractivity contribution >= 4 is 5.78 Å². The van der Waals surface area contributed by atoms with E-state index in [1.807, 2.05) is 32.0 Å². The highest BCUT2D eigenvalue weighted by Gasteiger charge is 2.22. The average Bonchev–Trinajstić information content (AvgIpc) is 2.41. The Labute approximate surface area is 114 Å². The maximum atomic E-state index is 12.3. The fraction of sp³-hybridized carbons (Fsp3) is 0.533. The van der Waals surface area contributed by atoms with Gasteiger partial charge in [-0.25, -0.2) is 0 Å². The average molecular weight is 263 g/mol. The van der Waals surface area contributed by atoms with E-state index in [4.69, 9.17) is 9.84 Å². The molecule has 0 bridgehead atoms. The summed E-state index contributed by atoms with van der Waals surface area (Å²) in [6, 6.07) is 5.95. The Morgan fingerprint density at radius 3 is 3.00 bits per heavy atom. The van der Waals surface area contributed by atoms with Crippen molar-refractivity contribution < 1.29 is 14.6 Å². The normalized spacial score (nSPS) is 20.5. The van der Waals surface area contributed by atoms with Crippen molar-refractivity contribution in [3.05, 3.63) is 34.9 Å². The number of ether oxygens (including phenoxy) is 1. The number of rotatable bonds is 4. The summed E-state index contributed by atoms with van der Waals surface area (Å²) in [6.45, 7) is 6.29. The summed E-state index contributed by atoms with van der Waals surface area (Å²) >= 11 is 0. The number of carbonyl (C=O) groups excluding carboxylic acids is 1. The molecule has 1 fully saturated rings. The topological polar surface area (TPSA) is 49.8 Å². The minimum atomic E-state index is -0.167. The molecular weight excluding hydrogens is 242 g/mol. The molecule has 0 radical (unpaired) electrons. The van der Waals surface area contributed by atoms with E-state index < -0.39 is 0 Å². The zero-order valence-corrected chi connectivity index (χ0v) is 11.6. The van der Waals surface area contributed by atoms with Crippen LogP contribution in [0.25, 0.3) is 0 Å². The van der Waals surface area contributed by atoms with Crippen LogP contribution in [-0.2, 0) is 4.74 Å². The van der Waals surface area contributed by atoms with Crippen molar-refractivity contribution in [1.29, 1.82) is 0 Å². The van der Waals surface area contributed by atoms with Gasteiger partial charge in [-0.2, -0.15) is 0 Å². The van der Waals surface area contributed by atoms with Crippen LogP contribution in [0.2, 0.25) is 0 Å². The summed E-state index contributed by atoms with van der Waals surface area (Å²) in [5, 5.41) is 9.10. The van der Waals surface area contributed by atoms with Crippen molar-refractivity contribution in [2.75, 3.05) is 32.8 Å². The highest BCUT2D eigenvalue weighted by Crippen LogP contribution is 2.13. The molecule has 1 aliphatic rings. The van der Waals surface area contributed by atoms with E-state index in [0.717, 1.165) is 23.2 Å². The van der Waals surface area contributed by atoms with Crippen LogP contribution in [0.3, 0.4) is 0 Å². The molecule has 19 heavy (non-hydrogen) atoms. The number of nitrogens with zero attached hydrogens (tertiary/aromatic N) is 1. The lowest BCUT2D eigenvalue weighted by atomic mass is 10.0. The van der Waals surface area contributed by atoms with Gasteiger partial charge < -0.3 is 9.84 Å². The van der Waals surface area contributed by atoms with Crippen molar-refractivity contribution in [2.45, 2.75) is 20.0 Å². The number of carbonyl (C=O) groups is 1. The van der Waals surface area contributed by atoms with E-state index in [9.17, 15) is 4.79 Å². The van der Waals surface area contributed by atoms with Crippen LogP contribution in [0.15, 0.2) is 18.2 Å². The lowest BCUT2D eigenvalue weighted by Gasteiger charge is -2.31. The van der Waals surface area contributed by atoms with Crippen LogP contribution in [0.4, 0.5) is 0 Å². The van der Waals surface area contributed by atoms with Crippen LogP contribution in [0, 0.1) is 13.8 Å². The van der Waals surface area contributed by atoms with Gasteiger partial charge in [0.15, 0.2) is 5.78 Å². The number of hydrogen-bond acceptors (Lipinski definition) is 4. The molecule has 104 valence electrons. The molecule has 0 aliphatic carbocycles. The minimum Gasteiger partial charge on any atom is -0.394 e. The van der Waals surface area contributed by atoms with E-state index in [1.165, 1.54) is 0 Å². The van der Waals surface area contributed by atoms with E-state index >= 15 is 0 Å². The smallest absolute Gasteiger partial charge is 0.177 e. The standard InChI is InChI=1S/C15H21NO3/c1-11-3-4-12(2)14(7-11)15(18)9-16-5-6-19-13(8-16)10-17/h3-4,7,13,17H,5-6,8-10H2,1-2H3. The molecule has 1 N–H and O–H groups in total. The Morgan fingerprint density at radius 1 is 1.47 bits per heavy atom. The number of aliphatic hydroxyl groups excluding tert-OH is 1. The molecule has 0 saturated carbocycles. The number of benzene rings is 1. The van der Waals surface area contributed by atoms with Gasteiger partial charge in [0, 0.05) is 18.7 Å². The highest BCUT2D eigenvalue weighted by molar-refractivity contribution is 5.99. The third-order valence-corrected chi connectivity index (χ3v) is 3.49. The van der Waals surface area contributed by atoms with Gasteiger partial charge in [-0.1, -0.05) is 17.7 Å². The number of hydrogen-bond donors (Lipinski definition) is 1. The summed E-state index contributed by atoms with van der Waals surface area (Å²) in [6.07, 6.45) is -0.167. The Hall–Kier alpha value is -1.23. The fourth-order valence-electron chi connectivity index (χ4n) is 2.36. The third-order valence-electron chi connectivity index (χ3n) is 3.49. The number of morpholine rings is 1. The number of ketones is 1. The highest BCUT2D eigenvalue weighted by atomic mass is 16.5. The molecule has 1 unspecified atom stereocenters. The van der Waals surface area contributed by atoms with Gasteiger partial charge in [-0.05, 0) is 25.5 Å². The molecule has 0 aromatic heterocycles. The zero-order valence-electron chi connectivity index (χ0n) is 11.6. The predicted molar refractivity (Wildman–Crippen MR) is 73.5 cm³/mol. The van der Waals surface area contributed by atoms with Gasteiger partial charge in [0.1, 0.15) is 0 Å². The summed E-state index contributed by atoms with van der Waals surface area (Å²) < 4.78 is 5.38. The largest absolute Gasteiger partial charge is 0.394 e. The number of aryl methyl sites for hydroxylation is 2. The van der Waals surface area contributed by atoms with Gasteiger partial charge in [-0.15, -0.1) is 0 Å². The van der Waals surface area contributed by atoms with E-state index in [2.05, 4.69) is 4.90 Å². The molecular formula is C15H21NO3. The second-order valence-electron chi connectivity index (χ2n) is 5.15. The number of Topliss-reactive ketones (excluding diaryl/α,β-unsaturated/α-hetero) is 1. The first-order chi connectivity index (χ1) is 9.10. The van der Waals surface area contributed by atoms with Gasteiger partial charge in [0.05, 0.1) is 25.9 Å². The zero-order chi connectivity index (χ0) is 13.8. The lowest BCUT2D eigenvalue weighted by Crippen LogP contribution is -2.46. The van der Waals surface area contributed by atoms with Gasteiger partial charge in [-0.3, -0.25) is 9.69 Å². The molecule has 0 amide bonds.